The van der Waals surface area contributed by atoms with Crippen molar-refractivity contribution < 1.29 is 10.0 Å². The zero-order chi connectivity index (χ0) is 21.6. The van der Waals surface area contributed by atoms with Crippen LogP contribution in [0.25, 0.3) is 17.0 Å². The highest BCUT2D eigenvalue weighted by atomic mass is 35.5. The third-order valence-corrected chi connectivity index (χ3v) is 7.44. The number of hydrogen-bond acceptors (Lipinski definition) is 5. The van der Waals surface area contributed by atoms with Gasteiger partial charge in [0.2, 0.25) is 0 Å². The van der Waals surface area contributed by atoms with Gasteiger partial charge in [-0.3, -0.25) is 14.4 Å². The lowest BCUT2D eigenvalue weighted by Crippen LogP contribution is -2.24. The molecule has 8 heteroatoms. The van der Waals surface area contributed by atoms with Crippen LogP contribution in [-0.2, 0) is 5.41 Å². The van der Waals surface area contributed by atoms with Crippen LogP contribution >= 0.6 is 22.9 Å². The lowest BCUT2D eigenvalue weighted by molar-refractivity contribution is 0.0706. The first kappa shape index (κ1) is 20.2. The van der Waals surface area contributed by atoms with E-state index in [4.69, 9.17) is 21.8 Å². The molecule has 0 radical (unpaired) electrons. The molecular formula is C23H21ClN4O2S. The lowest BCUT2D eigenvalue weighted by Gasteiger charge is -2.27. The Hall–Kier alpha value is -2.74. The average molecular weight is 453 g/mol. The van der Waals surface area contributed by atoms with Crippen molar-refractivity contribution in [2.24, 2.45) is 0 Å². The molecule has 1 aromatic carbocycles. The van der Waals surface area contributed by atoms with Crippen LogP contribution in [0.1, 0.15) is 52.3 Å². The van der Waals surface area contributed by atoms with Crippen LogP contribution in [0.15, 0.2) is 48.0 Å². The molecule has 1 aliphatic rings. The number of imidazole rings is 1. The summed E-state index contributed by atoms with van der Waals surface area (Å²) in [7, 11) is 0. The molecule has 158 valence electrons. The number of aromatic nitrogens is 3. The minimum atomic E-state index is -0.509. The number of carbonyl (C=O) groups is 1. The van der Waals surface area contributed by atoms with Gasteiger partial charge in [-0.25, -0.2) is 15.4 Å². The van der Waals surface area contributed by atoms with Gasteiger partial charge in [-0.2, -0.15) is 0 Å². The first-order valence-corrected chi connectivity index (χ1v) is 11.4. The van der Waals surface area contributed by atoms with Crippen molar-refractivity contribution in [1.29, 1.82) is 0 Å². The van der Waals surface area contributed by atoms with Crippen LogP contribution < -0.4 is 5.48 Å². The van der Waals surface area contributed by atoms with Gasteiger partial charge in [0.1, 0.15) is 16.3 Å². The number of amides is 1. The number of rotatable bonds is 4. The first-order valence-electron chi connectivity index (χ1n) is 10.2. The monoisotopic (exact) mass is 452 g/mol. The molecule has 31 heavy (non-hydrogen) atoms. The molecule has 6 nitrogen and oxygen atoms in total. The van der Waals surface area contributed by atoms with E-state index in [2.05, 4.69) is 10.4 Å². The number of thiazole rings is 1. The lowest BCUT2D eigenvalue weighted by atomic mass is 9.79. The average Bonchev–Trinajstić information content (AvgIpc) is 3.51. The van der Waals surface area contributed by atoms with Crippen molar-refractivity contribution in [3.8, 4) is 11.4 Å². The highest BCUT2D eigenvalue weighted by Gasteiger charge is 2.40. The Balaban J connectivity index is 1.58. The molecule has 3 aromatic heterocycles. The number of pyridine rings is 1. The van der Waals surface area contributed by atoms with Gasteiger partial charge < -0.3 is 0 Å². The van der Waals surface area contributed by atoms with E-state index >= 15 is 0 Å². The van der Waals surface area contributed by atoms with Crippen LogP contribution in [0, 0.1) is 6.92 Å². The van der Waals surface area contributed by atoms with Crippen molar-refractivity contribution in [2.45, 2.75) is 38.0 Å². The van der Waals surface area contributed by atoms with Crippen molar-refractivity contribution in [2.75, 3.05) is 0 Å². The Morgan fingerprint density at radius 3 is 2.61 bits per heavy atom. The second-order valence-electron chi connectivity index (χ2n) is 7.97. The van der Waals surface area contributed by atoms with Crippen molar-refractivity contribution >= 4 is 34.5 Å². The van der Waals surface area contributed by atoms with E-state index < -0.39 is 5.91 Å². The number of hydroxylamine groups is 1. The molecule has 0 bridgehead atoms. The topological polar surface area (TPSA) is 79.5 Å². The summed E-state index contributed by atoms with van der Waals surface area (Å²) in [5, 5.41) is 12.7. The van der Waals surface area contributed by atoms with E-state index in [1.807, 2.05) is 41.8 Å². The van der Waals surface area contributed by atoms with E-state index in [1.54, 1.807) is 28.9 Å². The summed E-state index contributed by atoms with van der Waals surface area (Å²) in [5.41, 5.74) is 6.73. The first-order chi connectivity index (χ1) is 15.0. The Morgan fingerprint density at radius 2 is 1.90 bits per heavy atom. The summed E-state index contributed by atoms with van der Waals surface area (Å²) >= 11 is 7.90. The Bertz CT molecular complexity index is 1270. The number of aryl methyl sites for hydroxylation is 1. The standard InChI is InChI=1S/C23H21ClN4O2S/c1-14-20(28-12-17(24)8-9-19(28)25-14)18-13-31-22(26-18)23(10-2-3-11-23)16-6-4-15(5-7-16)21(29)27-30/h4-9,12-13,30H,2-3,10-11H2,1H3,(H,27,29). The summed E-state index contributed by atoms with van der Waals surface area (Å²) in [6.45, 7) is 1.99. The van der Waals surface area contributed by atoms with Gasteiger partial charge in [-0.1, -0.05) is 36.6 Å². The highest BCUT2D eigenvalue weighted by molar-refractivity contribution is 7.10. The predicted octanol–water partition coefficient (Wildman–Crippen LogP) is 5.40. The fourth-order valence-corrected chi connectivity index (χ4v) is 5.90. The van der Waals surface area contributed by atoms with Crippen molar-refractivity contribution in [3.05, 3.63) is 74.8 Å². The quantitative estimate of drug-likeness (QED) is 0.321. The van der Waals surface area contributed by atoms with Crippen molar-refractivity contribution in [3.63, 3.8) is 0 Å². The van der Waals surface area contributed by atoms with E-state index in [9.17, 15) is 4.79 Å². The van der Waals surface area contributed by atoms with Gasteiger partial charge in [0.05, 0.1) is 16.4 Å². The third kappa shape index (κ3) is 3.33. The van der Waals surface area contributed by atoms with E-state index in [0.717, 1.165) is 59.0 Å². The minimum absolute atomic E-state index is 0.164. The molecular weight excluding hydrogens is 432 g/mol. The normalized spacial score (nSPS) is 15.5. The minimum Gasteiger partial charge on any atom is -0.296 e. The smallest absolute Gasteiger partial charge is 0.274 e. The second kappa shape index (κ2) is 7.75. The molecule has 1 amide bonds. The Morgan fingerprint density at radius 1 is 1.16 bits per heavy atom. The predicted molar refractivity (Wildman–Crippen MR) is 121 cm³/mol. The second-order valence-corrected chi connectivity index (χ2v) is 9.26. The maximum Gasteiger partial charge on any atom is 0.274 e. The molecule has 0 saturated heterocycles. The third-order valence-electron chi connectivity index (χ3n) is 6.17. The largest absolute Gasteiger partial charge is 0.296 e. The summed E-state index contributed by atoms with van der Waals surface area (Å²) in [4.78, 5) is 21.5. The van der Waals surface area contributed by atoms with Gasteiger partial charge in [-0.05, 0) is 49.6 Å². The molecule has 1 fully saturated rings. The fourth-order valence-electron chi connectivity index (χ4n) is 4.66. The summed E-state index contributed by atoms with van der Waals surface area (Å²) < 4.78 is 2.00. The summed E-state index contributed by atoms with van der Waals surface area (Å²) in [6.07, 6.45) is 6.19. The van der Waals surface area contributed by atoms with Crippen LogP contribution in [0.5, 0.6) is 0 Å². The Kier molecular flexibility index (Phi) is 5.04. The molecule has 4 aromatic rings. The molecule has 0 atom stereocenters. The van der Waals surface area contributed by atoms with E-state index in [0.29, 0.717) is 10.6 Å². The maximum atomic E-state index is 11.7. The number of hydrogen-bond donors (Lipinski definition) is 2. The van der Waals surface area contributed by atoms with Gasteiger partial charge in [0.15, 0.2) is 0 Å². The number of nitrogens with zero attached hydrogens (tertiary/aromatic N) is 3. The molecule has 0 aliphatic heterocycles. The van der Waals surface area contributed by atoms with E-state index in [-0.39, 0.29) is 5.41 Å². The Labute approximate surface area is 188 Å². The van der Waals surface area contributed by atoms with Crippen molar-refractivity contribution in [1.82, 2.24) is 19.8 Å². The molecule has 1 saturated carbocycles. The molecule has 2 N–H and O–H groups in total. The number of halogens is 1. The SMILES string of the molecule is Cc1nc2ccc(Cl)cn2c1-c1csc(C2(c3ccc(C(=O)NO)cc3)CCCC2)n1. The molecule has 0 unspecified atom stereocenters. The molecule has 5 rings (SSSR count). The van der Waals surface area contributed by atoms with Gasteiger partial charge in [0, 0.05) is 22.6 Å². The number of benzene rings is 1. The zero-order valence-corrected chi connectivity index (χ0v) is 18.5. The van der Waals surface area contributed by atoms with Gasteiger partial charge in [-0.15, -0.1) is 11.3 Å². The molecule has 3 heterocycles. The zero-order valence-electron chi connectivity index (χ0n) is 16.9. The number of nitrogens with one attached hydrogen (secondary N) is 1. The highest BCUT2D eigenvalue weighted by Crippen LogP contribution is 2.48. The van der Waals surface area contributed by atoms with E-state index in [1.165, 1.54) is 0 Å². The number of carbonyl (C=O) groups excluding carboxylic acids is 1. The molecule has 1 aliphatic carbocycles. The van der Waals surface area contributed by atoms with Gasteiger partial charge in [0.25, 0.3) is 5.91 Å². The molecule has 0 spiro atoms. The maximum absolute atomic E-state index is 11.7. The number of fused-ring (bicyclic) bond motifs is 1. The van der Waals surface area contributed by atoms with Crippen LogP contribution in [-0.4, -0.2) is 25.5 Å². The fraction of sp³-hybridized carbons (Fsp3) is 0.261. The van der Waals surface area contributed by atoms with Crippen LogP contribution in [0.4, 0.5) is 0 Å². The van der Waals surface area contributed by atoms with Crippen LogP contribution in [0.2, 0.25) is 5.02 Å². The summed E-state index contributed by atoms with van der Waals surface area (Å²) in [5.74, 6) is -0.509. The van der Waals surface area contributed by atoms with Gasteiger partial charge >= 0.3 is 0 Å². The summed E-state index contributed by atoms with van der Waals surface area (Å²) in [6, 6.07) is 11.2. The van der Waals surface area contributed by atoms with Crippen LogP contribution in [0.3, 0.4) is 0 Å².